The van der Waals surface area contributed by atoms with Crippen LogP contribution in [0.3, 0.4) is 0 Å². The molecule has 0 aliphatic rings. The summed E-state index contributed by atoms with van der Waals surface area (Å²) in [5.41, 5.74) is 5.01. The van der Waals surface area contributed by atoms with E-state index in [1.165, 1.54) is 5.56 Å². The third kappa shape index (κ3) is 5.28. The van der Waals surface area contributed by atoms with Crippen LogP contribution in [0.2, 0.25) is 0 Å². The highest BCUT2D eigenvalue weighted by molar-refractivity contribution is 5.95. The summed E-state index contributed by atoms with van der Waals surface area (Å²) in [6.45, 7) is 13.8. The molecular weight excluding hydrogens is 426 g/mol. The van der Waals surface area contributed by atoms with Crippen LogP contribution in [0.15, 0.2) is 48.5 Å². The van der Waals surface area contributed by atoms with Crippen LogP contribution >= 0.6 is 0 Å². The number of nitrogens with zero attached hydrogens (tertiary/aromatic N) is 2. The monoisotopic (exact) mass is 463 g/mol. The zero-order valence-electron chi connectivity index (χ0n) is 21.2. The summed E-state index contributed by atoms with van der Waals surface area (Å²) in [5.74, 6) is 0.818. The lowest BCUT2D eigenvalue weighted by Crippen LogP contribution is -2.25. The van der Waals surface area contributed by atoms with Gasteiger partial charge in [-0.25, -0.2) is 0 Å². The zero-order valence-corrected chi connectivity index (χ0v) is 21.2. The minimum Gasteiger partial charge on any atom is -0.507 e. The van der Waals surface area contributed by atoms with Gasteiger partial charge >= 0.3 is 0 Å². The molecule has 0 aliphatic heterocycles. The van der Waals surface area contributed by atoms with E-state index in [1.807, 2.05) is 41.8 Å². The Balaban J connectivity index is 2.15. The Bertz CT molecular complexity index is 1110. The molecule has 0 atom stereocenters. The fourth-order valence-corrected chi connectivity index (χ4v) is 4.23. The van der Waals surface area contributed by atoms with Crippen molar-refractivity contribution in [2.24, 2.45) is 0 Å². The maximum absolute atomic E-state index is 12.9. The second-order valence-electron chi connectivity index (χ2n) is 8.69. The number of aromatic nitrogens is 1. The Morgan fingerprint density at radius 3 is 2.29 bits per heavy atom. The van der Waals surface area contributed by atoms with Crippen molar-refractivity contribution in [1.82, 2.24) is 14.8 Å². The molecule has 0 bridgehead atoms. The molecule has 3 aromatic rings. The fourth-order valence-electron chi connectivity index (χ4n) is 4.23. The first-order valence-electron chi connectivity index (χ1n) is 12.1. The van der Waals surface area contributed by atoms with E-state index in [2.05, 4.69) is 50.0 Å². The van der Waals surface area contributed by atoms with Gasteiger partial charge < -0.3 is 19.7 Å². The second-order valence-corrected chi connectivity index (χ2v) is 8.69. The Labute approximate surface area is 203 Å². The summed E-state index contributed by atoms with van der Waals surface area (Å²) < 4.78 is 7.41. The number of rotatable bonds is 10. The Kier molecular flexibility index (Phi) is 8.40. The number of hydrogen-bond donors (Lipinski definition) is 2. The molecule has 2 N–H and O–H groups in total. The predicted octanol–water partition coefficient (Wildman–Crippen LogP) is 5.57. The molecule has 1 heterocycles. The topological polar surface area (TPSA) is 66.7 Å². The van der Waals surface area contributed by atoms with Gasteiger partial charge in [-0.1, -0.05) is 39.8 Å². The molecule has 34 heavy (non-hydrogen) atoms. The minimum atomic E-state index is -0.155. The number of amides is 1. The average molecular weight is 464 g/mol. The summed E-state index contributed by atoms with van der Waals surface area (Å²) in [5, 5.41) is 13.8. The molecular formula is C28H37N3O3. The third-order valence-electron chi connectivity index (χ3n) is 6.19. The lowest BCUT2D eigenvalue weighted by molar-refractivity contribution is 0.0949. The smallest absolute Gasteiger partial charge is 0.268 e. The summed E-state index contributed by atoms with van der Waals surface area (Å²) >= 11 is 0. The molecule has 0 fully saturated rings. The number of methoxy groups -OCH3 is 1. The van der Waals surface area contributed by atoms with E-state index in [0.717, 1.165) is 36.6 Å². The van der Waals surface area contributed by atoms with E-state index < -0.39 is 0 Å². The fraction of sp³-hybridized carbons (Fsp3) is 0.393. The van der Waals surface area contributed by atoms with Gasteiger partial charge in [-0.3, -0.25) is 9.69 Å². The van der Waals surface area contributed by atoms with Crippen molar-refractivity contribution in [3.05, 3.63) is 65.4 Å². The standard InChI is InChI=1S/C28H37N3O3/c1-7-29-28(33)25-15-14-24(23-16-22(19(4)5)27(34-6)17-26(23)32)31(25)21-12-10-20(11-13-21)18-30(8-2)9-3/h10-17,19,32H,7-9,18H2,1-6H3,(H,29,33). The number of benzene rings is 2. The first-order valence-corrected chi connectivity index (χ1v) is 12.1. The normalized spacial score (nSPS) is 11.3. The van der Waals surface area contributed by atoms with Crippen LogP contribution < -0.4 is 10.1 Å². The Morgan fingerprint density at radius 2 is 1.74 bits per heavy atom. The van der Waals surface area contributed by atoms with Gasteiger partial charge in [0.2, 0.25) is 0 Å². The van der Waals surface area contributed by atoms with Crippen LogP contribution in [-0.4, -0.2) is 47.2 Å². The van der Waals surface area contributed by atoms with Crippen LogP contribution in [0.4, 0.5) is 0 Å². The van der Waals surface area contributed by atoms with Crippen molar-refractivity contribution in [3.8, 4) is 28.4 Å². The first-order chi connectivity index (χ1) is 16.3. The molecule has 3 rings (SSSR count). The van der Waals surface area contributed by atoms with E-state index in [1.54, 1.807) is 13.2 Å². The number of carbonyl (C=O) groups is 1. The van der Waals surface area contributed by atoms with Crippen molar-refractivity contribution < 1.29 is 14.6 Å². The van der Waals surface area contributed by atoms with E-state index in [-0.39, 0.29) is 17.6 Å². The van der Waals surface area contributed by atoms with E-state index in [9.17, 15) is 9.90 Å². The van der Waals surface area contributed by atoms with Gasteiger partial charge in [0.1, 0.15) is 17.2 Å². The molecule has 2 aromatic carbocycles. The number of ether oxygens (including phenoxy) is 1. The largest absolute Gasteiger partial charge is 0.507 e. The third-order valence-corrected chi connectivity index (χ3v) is 6.19. The van der Waals surface area contributed by atoms with E-state index in [0.29, 0.717) is 23.6 Å². The highest BCUT2D eigenvalue weighted by Crippen LogP contribution is 2.40. The number of phenols is 1. The zero-order chi connectivity index (χ0) is 24.8. The Hall–Kier alpha value is -3.25. The summed E-state index contributed by atoms with van der Waals surface area (Å²) in [6, 6.07) is 15.6. The van der Waals surface area contributed by atoms with E-state index in [4.69, 9.17) is 4.74 Å². The second kappa shape index (κ2) is 11.3. The molecule has 1 aromatic heterocycles. The lowest BCUT2D eigenvalue weighted by atomic mass is 9.97. The SMILES string of the molecule is CCNC(=O)c1ccc(-c2cc(C(C)C)c(OC)cc2O)n1-c1ccc(CN(CC)CC)cc1. The highest BCUT2D eigenvalue weighted by Gasteiger charge is 2.21. The predicted molar refractivity (Wildman–Crippen MR) is 138 cm³/mol. The summed E-state index contributed by atoms with van der Waals surface area (Å²) in [4.78, 5) is 15.3. The van der Waals surface area contributed by atoms with Crippen LogP contribution in [-0.2, 0) is 6.54 Å². The number of carbonyl (C=O) groups excluding carboxylic acids is 1. The van der Waals surface area contributed by atoms with E-state index >= 15 is 0 Å². The van der Waals surface area contributed by atoms with Gasteiger partial charge in [-0.2, -0.15) is 0 Å². The average Bonchev–Trinajstić information content (AvgIpc) is 3.27. The van der Waals surface area contributed by atoms with Gasteiger partial charge in [0, 0.05) is 30.4 Å². The number of phenolic OH excluding ortho intramolecular Hbond substituents is 1. The van der Waals surface area contributed by atoms with Gasteiger partial charge in [0.05, 0.1) is 12.8 Å². The van der Waals surface area contributed by atoms with Crippen molar-refractivity contribution in [2.75, 3.05) is 26.7 Å². The van der Waals surface area contributed by atoms with Gasteiger partial charge in [-0.15, -0.1) is 0 Å². The summed E-state index contributed by atoms with van der Waals surface area (Å²) in [7, 11) is 1.61. The van der Waals surface area contributed by atoms with Gasteiger partial charge in [0.25, 0.3) is 5.91 Å². The number of nitrogens with one attached hydrogen (secondary N) is 1. The van der Waals surface area contributed by atoms with Crippen LogP contribution in [0.25, 0.3) is 16.9 Å². The maximum Gasteiger partial charge on any atom is 0.268 e. The first kappa shape index (κ1) is 25.4. The lowest BCUT2D eigenvalue weighted by Gasteiger charge is -2.20. The summed E-state index contributed by atoms with van der Waals surface area (Å²) in [6.07, 6.45) is 0. The van der Waals surface area contributed by atoms with Crippen molar-refractivity contribution >= 4 is 5.91 Å². The van der Waals surface area contributed by atoms with Crippen LogP contribution in [0, 0.1) is 0 Å². The number of hydrogen-bond acceptors (Lipinski definition) is 4. The van der Waals surface area contributed by atoms with Crippen molar-refractivity contribution in [3.63, 3.8) is 0 Å². The molecule has 0 saturated carbocycles. The molecule has 0 unspecified atom stereocenters. The minimum absolute atomic E-state index is 0.112. The molecule has 1 amide bonds. The Morgan fingerprint density at radius 1 is 1.06 bits per heavy atom. The molecule has 0 saturated heterocycles. The van der Waals surface area contributed by atoms with Crippen LogP contribution in [0.5, 0.6) is 11.5 Å². The maximum atomic E-state index is 12.9. The van der Waals surface area contributed by atoms with Crippen molar-refractivity contribution in [1.29, 1.82) is 0 Å². The quantitative estimate of drug-likeness (QED) is 0.412. The molecule has 6 nitrogen and oxygen atoms in total. The molecule has 0 radical (unpaired) electrons. The molecule has 0 aliphatic carbocycles. The van der Waals surface area contributed by atoms with Gasteiger partial charge in [-0.05, 0) is 67.4 Å². The number of aromatic hydroxyl groups is 1. The van der Waals surface area contributed by atoms with Crippen LogP contribution in [0.1, 0.15) is 62.2 Å². The van der Waals surface area contributed by atoms with Crippen molar-refractivity contribution in [2.45, 2.75) is 47.1 Å². The highest BCUT2D eigenvalue weighted by atomic mass is 16.5. The molecule has 6 heteroatoms. The molecule has 0 spiro atoms. The molecule has 182 valence electrons. The van der Waals surface area contributed by atoms with Gasteiger partial charge in [0.15, 0.2) is 0 Å².